The van der Waals surface area contributed by atoms with E-state index in [4.69, 9.17) is 0 Å². The second kappa shape index (κ2) is 5.24. The number of hydrogen-bond donors (Lipinski definition) is 1. The van der Waals surface area contributed by atoms with Crippen molar-refractivity contribution in [1.82, 2.24) is 4.31 Å². The number of anilines is 1. The molecule has 0 fully saturated rings. The number of halogens is 1. The first-order chi connectivity index (χ1) is 7.79. The van der Waals surface area contributed by atoms with Crippen molar-refractivity contribution in [3.63, 3.8) is 0 Å². The van der Waals surface area contributed by atoms with Crippen LogP contribution in [0.5, 0.6) is 0 Å². The van der Waals surface area contributed by atoms with Crippen molar-refractivity contribution in [2.24, 2.45) is 0 Å². The van der Waals surface area contributed by atoms with Crippen LogP contribution in [0, 0.1) is 5.82 Å². The van der Waals surface area contributed by atoms with Crippen molar-refractivity contribution >= 4 is 21.6 Å². The number of sulfonamides is 1. The third kappa shape index (κ3) is 4.49. The zero-order chi connectivity index (χ0) is 13.1. The number of carbonyl (C=O) groups excluding carboxylic acids is 1. The molecule has 1 rings (SSSR count). The number of amides is 1. The van der Waals surface area contributed by atoms with Crippen molar-refractivity contribution in [3.05, 3.63) is 30.1 Å². The Labute approximate surface area is 99.3 Å². The van der Waals surface area contributed by atoms with Crippen molar-refractivity contribution < 1.29 is 17.6 Å². The average Bonchev–Trinajstić information content (AvgIpc) is 2.15. The largest absolute Gasteiger partial charge is 0.325 e. The molecular weight excluding hydrogens is 247 g/mol. The maximum Gasteiger partial charge on any atom is 0.239 e. The van der Waals surface area contributed by atoms with Gasteiger partial charge >= 0.3 is 0 Å². The first-order valence-corrected chi connectivity index (χ1v) is 6.60. The predicted octanol–water partition coefficient (Wildman–Crippen LogP) is 0.656. The normalized spacial score (nSPS) is 11.5. The summed E-state index contributed by atoms with van der Waals surface area (Å²) in [5.41, 5.74) is 0.289. The number of benzene rings is 1. The zero-order valence-electron chi connectivity index (χ0n) is 9.47. The van der Waals surface area contributed by atoms with Gasteiger partial charge in [0.25, 0.3) is 0 Å². The Morgan fingerprint density at radius 1 is 1.47 bits per heavy atom. The van der Waals surface area contributed by atoms with E-state index in [-0.39, 0.29) is 12.2 Å². The molecule has 0 aliphatic rings. The first-order valence-electron chi connectivity index (χ1n) is 4.76. The minimum absolute atomic E-state index is 0.289. The van der Waals surface area contributed by atoms with Crippen LogP contribution in [0.1, 0.15) is 0 Å². The van der Waals surface area contributed by atoms with Crippen LogP contribution in [-0.2, 0) is 14.8 Å². The van der Waals surface area contributed by atoms with E-state index < -0.39 is 21.7 Å². The van der Waals surface area contributed by atoms with Crippen molar-refractivity contribution in [3.8, 4) is 0 Å². The number of carbonyl (C=O) groups is 1. The molecule has 0 heterocycles. The summed E-state index contributed by atoms with van der Waals surface area (Å²) in [4.78, 5) is 11.4. The van der Waals surface area contributed by atoms with Gasteiger partial charge in [0.1, 0.15) is 5.82 Å². The number of nitrogens with one attached hydrogen (secondary N) is 1. The lowest BCUT2D eigenvalue weighted by Crippen LogP contribution is -2.34. The highest BCUT2D eigenvalue weighted by atomic mass is 32.2. The molecule has 0 spiro atoms. The fourth-order valence-electron chi connectivity index (χ4n) is 1.09. The molecule has 1 aromatic rings. The Morgan fingerprint density at radius 3 is 2.65 bits per heavy atom. The lowest BCUT2D eigenvalue weighted by atomic mass is 10.3. The number of nitrogens with zero attached hydrogens (tertiary/aromatic N) is 1. The Balaban J connectivity index is 2.62. The summed E-state index contributed by atoms with van der Waals surface area (Å²) < 4.78 is 35.8. The summed E-state index contributed by atoms with van der Waals surface area (Å²) in [7, 11) is -2.11. The van der Waals surface area contributed by atoms with Gasteiger partial charge in [0.05, 0.1) is 12.8 Å². The summed E-state index contributed by atoms with van der Waals surface area (Å²) in [5, 5.41) is 2.40. The number of hydrogen-bond acceptors (Lipinski definition) is 3. The van der Waals surface area contributed by atoms with Crippen LogP contribution < -0.4 is 5.32 Å². The quantitative estimate of drug-likeness (QED) is 0.864. The molecule has 5 nitrogen and oxygen atoms in total. The zero-order valence-corrected chi connectivity index (χ0v) is 10.3. The Morgan fingerprint density at radius 2 is 2.12 bits per heavy atom. The highest BCUT2D eigenvalue weighted by Gasteiger charge is 2.15. The maximum atomic E-state index is 12.8. The molecule has 94 valence electrons. The first kappa shape index (κ1) is 13.6. The van der Waals surface area contributed by atoms with Crippen molar-refractivity contribution in [2.75, 3.05) is 25.2 Å². The molecular formula is C10H13FN2O3S. The second-order valence-electron chi connectivity index (χ2n) is 3.58. The molecule has 0 radical (unpaired) electrons. The van der Waals surface area contributed by atoms with Gasteiger partial charge in [-0.1, -0.05) is 6.07 Å². The second-order valence-corrected chi connectivity index (χ2v) is 5.67. The predicted molar refractivity (Wildman–Crippen MR) is 62.5 cm³/mol. The number of likely N-dealkylation sites (N-methyl/N-ethyl adjacent to an activating group) is 1. The monoisotopic (exact) mass is 260 g/mol. The number of rotatable bonds is 4. The van der Waals surface area contributed by atoms with Gasteiger partial charge in [0, 0.05) is 12.7 Å². The standard InChI is InChI=1S/C10H13FN2O3S/c1-13(17(2,15)16)7-10(14)12-9-5-3-4-8(11)6-9/h3-6H,7H2,1-2H3,(H,12,14). The Hall–Kier alpha value is -1.47. The highest BCUT2D eigenvalue weighted by molar-refractivity contribution is 7.88. The van der Waals surface area contributed by atoms with Gasteiger partial charge in [-0.15, -0.1) is 0 Å². The van der Waals surface area contributed by atoms with Gasteiger partial charge < -0.3 is 5.32 Å². The van der Waals surface area contributed by atoms with Gasteiger partial charge in [-0.3, -0.25) is 4.79 Å². The maximum absolute atomic E-state index is 12.8. The molecule has 0 saturated carbocycles. The minimum Gasteiger partial charge on any atom is -0.325 e. The third-order valence-electron chi connectivity index (χ3n) is 2.04. The third-order valence-corrected chi connectivity index (χ3v) is 3.30. The Kier molecular flexibility index (Phi) is 4.19. The molecule has 0 bridgehead atoms. The van der Waals surface area contributed by atoms with Crippen LogP contribution in [0.4, 0.5) is 10.1 Å². The fraction of sp³-hybridized carbons (Fsp3) is 0.300. The van der Waals surface area contributed by atoms with E-state index in [2.05, 4.69) is 5.32 Å². The summed E-state index contributed by atoms with van der Waals surface area (Å²) in [6.07, 6.45) is 1.00. The van der Waals surface area contributed by atoms with Crippen LogP contribution in [0.25, 0.3) is 0 Å². The molecule has 1 amide bonds. The summed E-state index contributed by atoms with van der Waals surface area (Å²) in [5.74, 6) is -0.997. The van der Waals surface area contributed by atoms with Crippen LogP contribution in [-0.4, -0.2) is 38.5 Å². The van der Waals surface area contributed by atoms with E-state index in [1.165, 1.54) is 25.2 Å². The van der Waals surface area contributed by atoms with Gasteiger partial charge in [0.15, 0.2) is 0 Å². The van der Waals surface area contributed by atoms with E-state index in [0.29, 0.717) is 0 Å². The fourth-order valence-corrected chi connectivity index (χ4v) is 1.44. The van der Waals surface area contributed by atoms with Crippen LogP contribution in [0.15, 0.2) is 24.3 Å². The summed E-state index contributed by atoms with van der Waals surface area (Å²) in [6, 6.07) is 5.36. The van der Waals surface area contributed by atoms with E-state index in [0.717, 1.165) is 16.6 Å². The molecule has 1 N–H and O–H groups in total. The van der Waals surface area contributed by atoms with Gasteiger partial charge in [0.2, 0.25) is 15.9 Å². The molecule has 0 aromatic heterocycles. The molecule has 1 aromatic carbocycles. The smallest absolute Gasteiger partial charge is 0.239 e. The average molecular weight is 260 g/mol. The molecule has 0 atom stereocenters. The molecule has 0 saturated heterocycles. The van der Waals surface area contributed by atoms with Crippen LogP contribution in [0.3, 0.4) is 0 Å². The Bertz CT molecular complexity index is 516. The molecule has 0 aliphatic carbocycles. The minimum atomic E-state index is -3.40. The molecule has 7 heteroatoms. The lowest BCUT2D eigenvalue weighted by Gasteiger charge is -2.13. The molecule has 0 aliphatic heterocycles. The molecule has 0 unspecified atom stereocenters. The van der Waals surface area contributed by atoms with E-state index in [1.807, 2.05) is 0 Å². The topological polar surface area (TPSA) is 66.5 Å². The van der Waals surface area contributed by atoms with Crippen LogP contribution >= 0.6 is 0 Å². The SMILES string of the molecule is CN(CC(=O)Nc1cccc(F)c1)S(C)(=O)=O. The highest BCUT2D eigenvalue weighted by Crippen LogP contribution is 2.09. The van der Waals surface area contributed by atoms with Gasteiger partial charge in [-0.25, -0.2) is 12.8 Å². The summed E-state index contributed by atoms with van der Waals surface area (Å²) in [6.45, 7) is -0.310. The summed E-state index contributed by atoms with van der Waals surface area (Å²) >= 11 is 0. The van der Waals surface area contributed by atoms with Crippen molar-refractivity contribution in [1.29, 1.82) is 0 Å². The van der Waals surface area contributed by atoms with Gasteiger partial charge in [-0.05, 0) is 18.2 Å². The van der Waals surface area contributed by atoms with E-state index in [9.17, 15) is 17.6 Å². The molecule has 17 heavy (non-hydrogen) atoms. The van der Waals surface area contributed by atoms with Crippen LogP contribution in [0.2, 0.25) is 0 Å². The van der Waals surface area contributed by atoms with E-state index in [1.54, 1.807) is 0 Å². The lowest BCUT2D eigenvalue weighted by molar-refractivity contribution is -0.116. The van der Waals surface area contributed by atoms with Crippen molar-refractivity contribution in [2.45, 2.75) is 0 Å². The van der Waals surface area contributed by atoms with Gasteiger partial charge in [-0.2, -0.15) is 4.31 Å². The van der Waals surface area contributed by atoms with E-state index >= 15 is 0 Å².